The summed E-state index contributed by atoms with van der Waals surface area (Å²) >= 11 is 0. The number of hydrogen-bond donors (Lipinski definition) is 1. The van der Waals surface area contributed by atoms with E-state index < -0.39 is 11.7 Å². The van der Waals surface area contributed by atoms with E-state index in [1.54, 1.807) is 61.7 Å². The lowest BCUT2D eigenvalue weighted by atomic mass is 10.1. The van der Waals surface area contributed by atoms with Crippen molar-refractivity contribution in [3.63, 3.8) is 0 Å². The van der Waals surface area contributed by atoms with Crippen LogP contribution < -0.4 is 14.8 Å². The van der Waals surface area contributed by atoms with Gasteiger partial charge in [-0.15, -0.1) is 0 Å². The summed E-state index contributed by atoms with van der Waals surface area (Å²) in [7, 11) is 1.48. The molecule has 0 atom stereocenters. The van der Waals surface area contributed by atoms with Gasteiger partial charge in [0.2, 0.25) is 5.88 Å². The monoisotopic (exact) mass is 497 g/mol. The molecule has 0 fully saturated rings. The van der Waals surface area contributed by atoms with E-state index in [-0.39, 0.29) is 17.1 Å². The van der Waals surface area contributed by atoms with E-state index in [0.29, 0.717) is 46.1 Å². The Labute approximate surface area is 210 Å². The Hall–Kier alpha value is -5.12. The van der Waals surface area contributed by atoms with Crippen LogP contribution in [-0.4, -0.2) is 38.9 Å². The summed E-state index contributed by atoms with van der Waals surface area (Å²) in [4.78, 5) is 32.9. The highest BCUT2D eigenvalue weighted by Crippen LogP contribution is 2.27. The third-order valence-electron chi connectivity index (χ3n) is 5.51. The number of fused-ring (bicyclic) bond motifs is 1. The molecule has 0 unspecified atom stereocenters. The van der Waals surface area contributed by atoms with Crippen molar-refractivity contribution in [2.24, 2.45) is 0 Å². The number of aldehydes is 1. The second-order valence-corrected chi connectivity index (χ2v) is 8.02. The largest absolute Gasteiger partial charge is 0.496 e. The molecule has 2 aromatic carbocycles. The Balaban J connectivity index is 1.34. The van der Waals surface area contributed by atoms with E-state index in [0.717, 1.165) is 6.07 Å². The van der Waals surface area contributed by atoms with Crippen molar-refractivity contribution in [1.29, 1.82) is 0 Å². The smallest absolute Gasteiger partial charge is 0.256 e. The van der Waals surface area contributed by atoms with Crippen LogP contribution in [0.1, 0.15) is 26.4 Å². The molecule has 37 heavy (non-hydrogen) atoms. The number of hydrogen-bond acceptors (Lipinski definition) is 7. The second kappa shape index (κ2) is 9.86. The fourth-order valence-corrected chi connectivity index (χ4v) is 3.75. The topological polar surface area (TPSA) is 108 Å². The van der Waals surface area contributed by atoms with Gasteiger partial charge in [0.05, 0.1) is 24.6 Å². The maximum absolute atomic E-state index is 14.9. The highest BCUT2D eigenvalue weighted by atomic mass is 19.1. The number of amides is 1. The predicted molar refractivity (Wildman–Crippen MR) is 134 cm³/mol. The van der Waals surface area contributed by atoms with E-state index in [1.807, 2.05) is 0 Å². The molecule has 3 heterocycles. The number of carbonyl (C=O) groups is 2. The molecule has 5 aromatic rings. The van der Waals surface area contributed by atoms with Crippen LogP contribution in [0, 0.1) is 12.7 Å². The number of halogens is 1. The molecule has 0 aliphatic heterocycles. The molecule has 1 amide bonds. The average Bonchev–Trinajstić information content (AvgIpc) is 3.38. The minimum atomic E-state index is -0.719. The van der Waals surface area contributed by atoms with Crippen molar-refractivity contribution in [2.45, 2.75) is 6.92 Å². The molecule has 10 heteroatoms. The van der Waals surface area contributed by atoms with Gasteiger partial charge >= 0.3 is 0 Å². The lowest BCUT2D eigenvalue weighted by molar-refractivity contribution is 0.102. The van der Waals surface area contributed by atoms with Crippen LogP contribution in [-0.2, 0) is 0 Å². The standard InChI is InChI=1S/C27H20FN5O4/c1-16-12-26(33-25(30-16)10-11-29-33)37-23-9-7-18(14-20(23)28)27(35)32-24-5-3-4-21(31-24)17-6-8-22(36-2)19(13-17)15-34/h3-15H,1-2H3,(H,31,32,35). The maximum atomic E-state index is 14.9. The summed E-state index contributed by atoms with van der Waals surface area (Å²) in [5, 5.41) is 6.81. The number of aryl methyl sites for hydroxylation is 1. The van der Waals surface area contributed by atoms with Crippen LogP contribution in [0.2, 0.25) is 0 Å². The first-order valence-electron chi connectivity index (χ1n) is 11.2. The molecule has 0 aliphatic carbocycles. The van der Waals surface area contributed by atoms with E-state index in [2.05, 4.69) is 20.4 Å². The maximum Gasteiger partial charge on any atom is 0.256 e. The van der Waals surface area contributed by atoms with Gasteiger partial charge in [-0.05, 0) is 55.5 Å². The van der Waals surface area contributed by atoms with E-state index >= 15 is 0 Å². The quantitative estimate of drug-likeness (QED) is 0.312. The number of nitrogens with zero attached hydrogens (tertiary/aromatic N) is 4. The predicted octanol–water partition coefficient (Wildman–Crippen LogP) is 5.10. The summed E-state index contributed by atoms with van der Waals surface area (Å²) in [5.41, 5.74) is 2.92. The summed E-state index contributed by atoms with van der Waals surface area (Å²) < 4.78 is 27.2. The van der Waals surface area contributed by atoms with Gasteiger partial charge in [0.1, 0.15) is 11.6 Å². The van der Waals surface area contributed by atoms with Crippen molar-refractivity contribution >= 4 is 23.7 Å². The summed E-state index contributed by atoms with van der Waals surface area (Å²) in [6.45, 7) is 1.79. The van der Waals surface area contributed by atoms with Gasteiger partial charge in [0, 0.05) is 29.0 Å². The fourth-order valence-electron chi connectivity index (χ4n) is 3.75. The zero-order valence-corrected chi connectivity index (χ0v) is 19.8. The van der Waals surface area contributed by atoms with Crippen molar-refractivity contribution in [1.82, 2.24) is 19.6 Å². The van der Waals surface area contributed by atoms with Crippen molar-refractivity contribution in [2.75, 3.05) is 12.4 Å². The van der Waals surface area contributed by atoms with Gasteiger partial charge < -0.3 is 14.8 Å². The number of rotatable bonds is 7. The number of nitrogens with one attached hydrogen (secondary N) is 1. The highest BCUT2D eigenvalue weighted by Gasteiger charge is 2.15. The van der Waals surface area contributed by atoms with E-state index in [1.165, 1.54) is 23.8 Å². The zero-order chi connectivity index (χ0) is 25.9. The minimum absolute atomic E-state index is 0.0652. The van der Waals surface area contributed by atoms with Crippen LogP contribution in [0.5, 0.6) is 17.4 Å². The Bertz CT molecular complexity index is 1650. The SMILES string of the molecule is COc1ccc(-c2cccc(NC(=O)c3ccc(Oc4cc(C)nc5ccnn45)c(F)c3)n2)cc1C=O. The number of aromatic nitrogens is 4. The van der Waals surface area contributed by atoms with E-state index in [9.17, 15) is 14.0 Å². The summed E-state index contributed by atoms with van der Waals surface area (Å²) in [6.07, 6.45) is 2.26. The molecular formula is C27H20FN5O4. The van der Waals surface area contributed by atoms with Gasteiger partial charge in [-0.2, -0.15) is 9.61 Å². The van der Waals surface area contributed by atoms with Gasteiger partial charge in [0.25, 0.3) is 5.91 Å². The molecule has 9 nitrogen and oxygen atoms in total. The average molecular weight is 497 g/mol. The van der Waals surface area contributed by atoms with Crippen LogP contribution in [0.25, 0.3) is 16.9 Å². The Morgan fingerprint density at radius 1 is 1.03 bits per heavy atom. The van der Waals surface area contributed by atoms with Gasteiger partial charge in [-0.25, -0.2) is 14.4 Å². The van der Waals surface area contributed by atoms with Crippen LogP contribution in [0.4, 0.5) is 10.2 Å². The fraction of sp³-hybridized carbons (Fsp3) is 0.0741. The molecule has 5 rings (SSSR count). The minimum Gasteiger partial charge on any atom is -0.496 e. The Morgan fingerprint density at radius 2 is 1.86 bits per heavy atom. The number of benzene rings is 2. The molecular weight excluding hydrogens is 477 g/mol. The van der Waals surface area contributed by atoms with E-state index in [4.69, 9.17) is 9.47 Å². The molecule has 0 bridgehead atoms. The molecule has 0 aliphatic rings. The molecule has 0 saturated carbocycles. The van der Waals surface area contributed by atoms with Crippen molar-refractivity contribution < 1.29 is 23.5 Å². The number of carbonyl (C=O) groups excluding carboxylic acids is 2. The Morgan fingerprint density at radius 3 is 2.65 bits per heavy atom. The number of anilines is 1. The second-order valence-electron chi connectivity index (χ2n) is 8.02. The highest BCUT2D eigenvalue weighted by molar-refractivity contribution is 6.04. The number of pyridine rings is 1. The first-order valence-corrected chi connectivity index (χ1v) is 11.2. The first kappa shape index (κ1) is 23.6. The third kappa shape index (κ3) is 4.85. The number of ether oxygens (including phenoxy) is 2. The summed E-state index contributed by atoms with van der Waals surface area (Å²) in [6, 6.07) is 17.4. The van der Waals surface area contributed by atoms with Gasteiger partial charge in [-0.3, -0.25) is 9.59 Å². The van der Waals surface area contributed by atoms with Gasteiger partial charge in [-0.1, -0.05) is 6.07 Å². The van der Waals surface area contributed by atoms with Crippen LogP contribution >= 0.6 is 0 Å². The zero-order valence-electron chi connectivity index (χ0n) is 19.8. The molecule has 1 N–H and O–H groups in total. The first-order chi connectivity index (χ1) is 17.9. The van der Waals surface area contributed by atoms with Crippen molar-refractivity contribution in [3.05, 3.63) is 95.6 Å². The lowest BCUT2D eigenvalue weighted by Crippen LogP contribution is -2.13. The number of methoxy groups -OCH3 is 1. The molecule has 0 saturated heterocycles. The molecule has 3 aromatic heterocycles. The van der Waals surface area contributed by atoms with Gasteiger partial charge in [0.15, 0.2) is 23.5 Å². The molecule has 184 valence electrons. The Kier molecular flexibility index (Phi) is 6.29. The van der Waals surface area contributed by atoms with Crippen LogP contribution in [0.15, 0.2) is 72.9 Å². The lowest BCUT2D eigenvalue weighted by Gasteiger charge is -2.11. The normalized spacial score (nSPS) is 10.8. The van der Waals surface area contributed by atoms with Crippen LogP contribution in [0.3, 0.4) is 0 Å². The third-order valence-corrected chi connectivity index (χ3v) is 5.51. The summed E-state index contributed by atoms with van der Waals surface area (Å²) in [5.74, 6) is -0.326. The van der Waals surface area contributed by atoms with Crippen molar-refractivity contribution in [3.8, 4) is 28.6 Å². The molecule has 0 radical (unpaired) electrons. The molecule has 0 spiro atoms.